The molecule has 0 radical (unpaired) electrons. The first-order valence-corrected chi connectivity index (χ1v) is 7.83. The van der Waals surface area contributed by atoms with Gasteiger partial charge in [0.1, 0.15) is 11.4 Å². The molecule has 3 rings (SSSR count). The van der Waals surface area contributed by atoms with Crippen LogP contribution in [0.15, 0.2) is 70.1 Å². The van der Waals surface area contributed by atoms with Crippen LogP contribution >= 0.6 is 11.6 Å². The number of amides is 2. The second-order valence-corrected chi connectivity index (χ2v) is 5.62. The highest BCUT2D eigenvalue weighted by molar-refractivity contribution is 6.30. The minimum absolute atomic E-state index is 0.0521. The Kier molecular flexibility index (Phi) is 5.11. The molecule has 126 valence electrons. The van der Waals surface area contributed by atoms with E-state index in [-0.39, 0.29) is 12.2 Å². The Hall–Kier alpha value is -3.12. The summed E-state index contributed by atoms with van der Waals surface area (Å²) in [6, 6.07) is 13.2. The van der Waals surface area contributed by atoms with E-state index in [2.05, 4.69) is 15.6 Å². The van der Waals surface area contributed by atoms with Crippen molar-refractivity contribution in [2.24, 2.45) is 0 Å². The van der Waals surface area contributed by atoms with E-state index in [4.69, 9.17) is 16.0 Å². The molecule has 0 saturated carbocycles. The number of anilines is 1. The number of nitrogens with one attached hydrogen (secondary N) is 2. The van der Waals surface area contributed by atoms with Crippen molar-refractivity contribution in [2.75, 3.05) is 5.32 Å². The number of carbonyl (C=O) groups is 1. The van der Waals surface area contributed by atoms with Gasteiger partial charge >= 0.3 is 11.7 Å². The quantitative estimate of drug-likeness (QED) is 0.747. The fraction of sp³-hybridized carbons (Fsp3) is 0.0556. The molecule has 3 aromatic rings. The Bertz CT molecular complexity index is 942. The minimum atomic E-state index is -0.640. The number of nitrogens with zero attached hydrogens (tertiary/aromatic N) is 1. The normalized spacial score (nSPS) is 10.3. The van der Waals surface area contributed by atoms with Crippen molar-refractivity contribution in [3.8, 4) is 11.3 Å². The monoisotopic (exact) mass is 355 g/mol. The number of carbonyl (C=O) groups excluding carboxylic acids is 1. The summed E-state index contributed by atoms with van der Waals surface area (Å²) in [4.78, 5) is 27.9. The summed E-state index contributed by atoms with van der Waals surface area (Å²) in [5.41, 5.74) is 0.939. The van der Waals surface area contributed by atoms with Crippen molar-refractivity contribution in [3.63, 3.8) is 0 Å². The molecule has 0 fully saturated rings. The summed E-state index contributed by atoms with van der Waals surface area (Å²) < 4.78 is 5.22. The highest BCUT2D eigenvalue weighted by Crippen LogP contribution is 2.17. The van der Waals surface area contributed by atoms with Crippen LogP contribution in [0, 0.1) is 0 Å². The number of urea groups is 1. The van der Waals surface area contributed by atoms with E-state index >= 15 is 0 Å². The second kappa shape index (κ2) is 7.63. The molecule has 2 aromatic heterocycles. The topological polar surface area (TPSA) is 84.2 Å². The van der Waals surface area contributed by atoms with E-state index < -0.39 is 11.7 Å². The number of rotatable bonds is 4. The van der Waals surface area contributed by atoms with Crippen LogP contribution in [0.25, 0.3) is 11.3 Å². The van der Waals surface area contributed by atoms with Crippen LogP contribution < -0.4 is 16.3 Å². The number of pyridine rings is 1. The van der Waals surface area contributed by atoms with E-state index in [0.29, 0.717) is 16.3 Å². The Morgan fingerprint density at radius 2 is 2.04 bits per heavy atom. The van der Waals surface area contributed by atoms with E-state index in [1.54, 1.807) is 48.8 Å². The number of halogens is 1. The van der Waals surface area contributed by atoms with Crippen molar-refractivity contribution in [3.05, 3.63) is 81.9 Å². The van der Waals surface area contributed by atoms with Crippen LogP contribution in [-0.2, 0) is 6.54 Å². The molecule has 0 aliphatic rings. The molecule has 7 heteroatoms. The van der Waals surface area contributed by atoms with Gasteiger partial charge in [-0.05, 0) is 42.0 Å². The number of benzene rings is 1. The minimum Gasteiger partial charge on any atom is -0.421 e. The van der Waals surface area contributed by atoms with Gasteiger partial charge in [0.25, 0.3) is 0 Å². The predicted octanol–water partition coefficient (Wildman–Crippen LogP) is 3.68. The average molecular weight is 356 g/mol. The molecular weight excluding hydrogens is 342 g/mol. The fourth-order valence-corrected chi connectivity index (χ4v) is 2.38. The lowest BCUT2D eigenvalue weighted by atomic mass is 10.2. The van der Waals surface area contributed by atoms with Gasteiger partial charge in [0.2, 0.25) is 0 Å². The molecule has 0 atom stereocenters. The highest BCUT2D eigenvalue weighted by atomic mass is 35.5. The third kappa shape index (κ3) is 4.45. The van der Waals surface area contributed by atoms with Gasteiger partial charge in [-0.1, -0.05) is 23.7 Å². The van der Waals surface area contributed by atoms with Crippen molar-refractivity contribution in [2.45, 2.75) is 6.54 Å². The summed E-state index contributed by atoms with van der Waals surface area (Å²) in [7, 11) is 0. The first kappa shape index (κ1) is 16.7. The predicted molar refractivity (Wildman–Crippen MR) is 95.5 cm³/mol. The maximum absolute atomic E-state index is 12.0. The molecule has 25 heavy (non-hydrogen) atoms. The summed E-state index contributed by atoms with van der Waals surface area (Å²) in [5.74, 6) is 0.378. The number of hydrogen-bond acceptors (Lipinski definition) is 4. The zero-order chi connectivity index (χ0) is 17.6. The van der Waals surface area contributed by atoms with Gasteiger partial charge in [-0.25, -0.2) is 9.59 Å². The first-order chi connectivity index (χ1) is 12.1. The smallest absolute Gasteiger partial charge is 0.360 e. The molecule has 2 amide bonds. The molecule has 2 heterocycles. The van der Waals surface area contributed by atoms with Crippen molar-refractivity contribution < 1.29 is 9.21 Å². The van der Waals surface area contributed by atoms with E-state index in [0.717, 1.165) is 5.56 Å². The molecular formula is C18H14ClN3O3. The third-order valence-corrected chi connectivity index (χ3v) is 3.60. The summed E-state index contributed by atoms with van der Waals surface area (Å²) in [5, 5.41) is 5.71. The molecule has 1 aromatic carbocycles. The van der Waals surface area contributed by atoms with Crippen LogP contribution in [0.3, 0.4) is 0 Å². The van der Waals surface area contributed by atoms with E-state index in [1.807, 2.05) is 6.07 Å². The van der Waals surface area contributed by atoms with Crippen molar-refractivity contribution in [1.82, 2.24) is 10.3 Å². The Morgan fingerprint density at radius 3 is 2.76 bits per heavy atom. The fourth-order valence-electron chi connectivity index (χ4n) is 2.17. The number of aromatic nitrogens is 1. The molecule has 0 unspecified atom stereocenters. The first-order valence-electron chi connectivity index (χ1n) is 7.46. The van der Waals surface area contributed by atoms with Crippen LogP contribution in [0.4, 0.5) is 10.5 Å². The molecule has 0 saturated heterocycles. The van der Waals surface area contributed by atoms with Gasteiger partial charge < -0.3 is 15.1 Å². The lowest BCUT2D eigenvalue weighted by molar-refractivity contribution is 0.251. The lowest BCUT2D eigenvalue weighted by Crippen LogP contribution is -2.30. The standard InChI is InChI=1S/C18H14ClN3O3/c19-14-5-1-3-12(9-14)10-21-18(24)22-15-6-7-16(25-17(15)23)13-4-2-8-20-11-13/h1-9,11H,10H2,(H2,21,22,24). The van der Waals surface area contributed by atoms with Gasteiger partial charge in [-0.3, -0.25) is 4.98 Å². The third-order valence-electron chi connectivity index (χ3n) is 3.36. The highest BCUT2D eigenvalue weighted by Gasteiger charge is 2.09. The summed E-state index contributed by atoms with van der Waals surface area (Å²) in [6.45, 7) is 0.283. The largest absolute Gasteiger partial charge is 0.421 e. The van der Waals surface area contributed by atoms with Crippen LogP contribution in [0.5, 0.6) is 0 Å². The maximum atomic E-state index is 12.0. The van der Waals surface area contributed by atoms with E-state index in [9.17, 15) is 9.59 Å². The van der Waals surface area contributed by atoms with Gasteiger partial charge in [-0.15, -0.1) is 0 Å². The van der Waals surface area contributed by atoms with Crippen LogP contribution in [0.1, 0.15) is 5.56 Å². The lowest BCUT2D eigenvalue weighted by Gasteiger charge is -2.07. The molecule has 6 nitrogen and oxygen atoms in total. The summed E-state index contributed by atoms with van der Waals surface area (Å²) in [6.07, 6.45) is 3.21. The Labute approximate surface area is 148 Å². The van der Waals surface area contributed by atoms with Gasteiger partial charge in [0, 0.05) is 29.5 Å². The van der Waals surface area contributed by atoms with Crippen molar-refractivity contribution in [1.29, 1.82) is 0 Å². The Balaban J connectivity index is 1.64. The zero-order valence-corrected chi connectivity index (χ0v) is 13.8. The molecule has 0 aliphatic carbocycles. The maximum Gasteiger partial charge on any atom is 0.360 e. The SMILES string of the molecule is O=C(NCc1cccc(Cl)c1)Nc1ccc(-c2cccnc2)oc1=O. The van der Waals surface area contributed by atoms with E-state index in [1.165, 1.54) is 6.07 Å². The second-order valence-electron chi connectivity index (χ2n) is 5.18. The van der Waals surface area contributed by atoms with Gasteiger partial charge in [-0.2, -0.15) is 0 Å². The molecule has 0 spiro atoms. The molecule has 0 aliphatic heterocycles. The average Bonchev–Trinajstić information content (AvgIpc) is 2.62. The Morgan fingerprint density at radius 1 is 1.16 bits per heavy atom. The van der Waals surface area contributed by atoms with Gasteiger partial charge in [0.05, 0.1) is 0 Å². The van der Waals surface area contributed by atoms with Crippen LogP contribution in [-0.4, -0.2) is 11.0 Å². The molecule has 0 bridgehead atoms. The zero-order valence-electron chi connectivity index (χ0n) is 13.0. The summed E-state index contributed by atoms with van der Waals surface area (Å²) >= 11 is 5.89. The van der Waals surface area contributed by atoms with Gasteiger partial charge in [0.15, 0.2) is 0 Å². The number of hydrogen-bond donors (Lipinski definition) is 2. The molecule has 2 N–H and O–H groups in total. The van der Waals surface area contributed by atoms with Crippen LogP contribution in [0.2, 0.25) is 5.02 Å². The van der Waals surface area contributed by atoms with Crippen molar-refractivity contribution >= 4 is 23.3 Å².